The van der Waals surface area contributed by atoms with Crippen LogP contribution in [0.5, 0.6) is 6.01 Å². The van der Waals surface area contributed by atoms with Gasteiger partial charge in [0.2, 0.25) is 0 Å². The van der Waals surface area contributed by atoms with Gasteiger partial charge in [0.05, 0.1) is 38.3 Å². The zero-order valence-electron chi connectivity index (χ0n) is 27.8. The van der Waals surface area contributed by atoms with E-state index >= 15 is 4.39 Å². The Hall–Kier alpha value is -4.65. The number of aryl methyl sites for hydroxylation is 1. The molecule has 0 bridgehead atoms. The first-order valence-electron chi connectivity index (χ1n) is 17.1. The van der Waals surface area contributed by atoms with Gasteiger partial charge in [0.25, 0.3) is 0 Å². The second-order valence-corrected chi connectivity index (χ2v) is 15.6. The van der Waals surface area contributed by atoms with Crippen molar-refractivity contribution in [3.8, 4) is 23.2 Å². The molecule has 4 saturated heterocycles. The van der Waals surface area contributed by atoms with Gasteiger partial charge in [-0.15, -0.1) is 16.4 Å². The summed E-state index contributed by atoms with van der Waals surface area (Å²) < 4.78 is 39.9. The Labute approximate surface area is 300 Å². The quantitative estimate of drug-likeness (QED) is 0.225. The van der Waals surface area contributed by atoms with Crippen molar-refractivity contribution in [3.63, 3.8) is 0 Å². The predicted molar refractivity (Wildman–Crippen MR) is 189 cm³/mol. The van der Waals surface area contributed by atoms with E-state index in [0.717, 1.165) is 56.5 Å². The van der Waals surface area contributed by atoms with E-state index in [0.29, 0.717) is 49.6 Å². The van der Waals surface area contributed by atoms with Gasteiger partial charge in [-0.1, -0.05) is 22.9 Å². The van der Waals surface area contributed by atoms with E-state index in [9.17, 15) is 14.4 Å². The van der Waals surface area contributed by atoms with Crippen molar-refractivity contribution in [2.75, 3.05) is 50.0 Å². The number of halogens is 3. The molecule has 2 N–H and O–H groups in total. The molecule has 1 spiro atoms. The number of anilines is 2. The number of hydrogen-bond donors (Lipinski definition) is 1. The molecule has 51 heavy (non-hydrogen) atoms. The Morgan fingerprint density at radius 2 is 1.92 bits per heavy atom. The normalized spacial score (nSPS) is 21.2. The third-order valence-electron chi connectivity index (χ3n) is 11.4. The van der Waals surface area contributed by atoms with Crippen LogP contribution >= 0.6 is 22.9 Å². The zero-order valence-corrected chi connectivity index (χ0v) is 29.3. The molecule has 2 aromatic carbocycles. The Morgan fingerprint density at radius 3 is 2.63 bits per heavy atom. The highest BCUT2D eigenvalue weighted by molar-refractivity contribution is 7.23. The first-order valence-corrected chi connectivity index (χ1v) is 18.3. The molecule has 16 heteroatoms. The third-order valence-corrected chi connectivity index (χ3v) is 12.7. The highest BCUT2D eigenvalue weighted by Crippen LogP contribution is 2.47. The van der Waals surface area contributed by atoms with Crippen molar-refractivity contribution < 1.29 is 18.3 Å². The van der Waals surface area contributed by atoms with E-state index in [1.54, 1.807) is 19.2 Å². The standard InChI is InChI=1S/C35H33ClF2N10O2S/c1-19-16-48(44-43-19)33(49)47-13-9-34(47)8-12-45(17-34)31-21-14-23(36)26(20-4-5-24(37)29-25(20)22(15-39)30(40)51-29)27(38)28(21)41-32(42-31)50-18-35-6-2-10-46(35)11-3-7-35/h4-5,14,16H,2-3,6-13,17-18,40H2,1H3. The van der Waals surface area contributed by atoms with Crippen LogP contribution in [0.25, 0.3) is 32.1 Å². The summed E-state index contributed by atoms with van der Waals surface area (Å²) in [5.41, 5.74) is 6.46. The van der Waals surface area contributed by atoms with Crippen LogP contribution in [0, 0.1) is 29.9 Å². The molecular weight excluding hydrogens is 698 g/mol. The average molecular weight is 731 g/mol. The Kier molecular flexibility index (Phi) is 7.40. The number of hydrogen-bond acceptors (Lipinski definition) is 11. The second-order valence-electron chi connectivity index (χ2n) is 14.1. The Morgan fingerprint density at radius 1 is 1.14 bits per heavy atom. The maximum absolute atomic E-state index is 17.1. The lowest BCUT2D eigenvalue weighted by atomic mass is 9.84. The predicted octanol–water partition coefficient (Wildman–Crippen LogP) is 6.13. The number of benzene rings is 2. The lowest BCUT2D eigenvalue weighted by molar-refractivity contribution is 0.0398. The smallest absolute Gasteiger partial charge is 0.346 e. The summed E-state index contributed by atoms with van der Waals surface area (Å²) in [6.45, 7) is 5.78. The summed E-state index contributed by atoms with van der Waals surface area (Å²) >= 11 is 7.85. The molecule has 0 saturated carbocycles. The van der Waals surface area contributed by atoms with Crippen molar-refractivity contribution in [3.05, 3.63) is 52.3 Å². The fourth-order valence-electron chi connectivity index (χ4n) is 8.75. The van der Waals surface area contributed by atoms with E-state index in [-0.39, 0.29) is 59.9 Å². The molecule has 4 aliphatic heterocycles. The van der Waals surface area contributed by atoms with E-state index in [4.69, 9.17) is 27.1 Å². The fraction of sp³-hybridized carbons (Fsp3) is 0.429. The zero-order chi connectivity index (χ0) is 35.2. The largest absolute Gasteiger partial charge is 0.461 e. The minimum absolute atomic E-state index is 0.0126. The van der Waals surface area contributed by atoms with Gasteiger partial charge in [-0.3, -0.25) is 4.90 Å². The highest BCUT2D eigenvalue weighted by Gasteiger charge is 2.53. The number of aromatic nitrogens is 5. The van der Waals surface area contributed by atoms with E-state index < -0.39 is 17.2 Å². The molecule has 1 atom stereocenters. The summed E-state index contributed by atoms with van der Waals surface area (Å²) in [6, 6.07) is 6.10. The lowest BCUT2D eigenvalue weighted by Crippen LogP contribution is -2.64. The van der Waals surface area contributed by atoms with Gasteiger partial charge in [0, 0.05) is 36.0 Å². The molecule has 262 valence electrons. The number of thiophene rings is 1. The number of likely N-dealkylation sites (tertiary alicyclic amines) is 1. The first-order chi connectivity index (χ1) is 24.6. The number of rotatable bonds is 5. The minimum atomic E-state index is -0.745. The topological polar surface area (TPSA) is 142 Å². The number of amides is 1. The molecule has 9 rings (SSSR count). The van der Waals surface area contributed by atoms with Gasteiger partial charge in [0.15, 0.2) is 5.82 Å². The molecule has 1 unspecified atom stereocenters. The number of fused-ring (bicyclic) bond motifs is 3. The summed E-state index contributed by atoms with van der Waals surface area (Å²) in [5.74, 6) is -0.865. The number of nitrogens with two attached hydrogens (primary N) is 1. The summed E-state index contributed by atoms with van der Waals surface area (Å²) in [6.07, 6.45) is 7.27. The van der Waals surface area contributed by atoms with Gasteiger partial charge in [-0.05, 0) is 76.2 Å². The number of nitrogens with zero attached hydrogens (tertiary/aromatic N) is 9. The Balaban J connectivity index is 1.15. The van der Waals surface area contributed by atoms with Crippen molar-refractivity contribution >= 4 is 60.8 Å². The van der Waals surface area contributed by atoms with Crippen LogP contribution in [0.3, 0.4) is 0 Å². The summed E-state index contributed by atoms with van der Waals surface area (Å²) in [4.78, 5) is 29.3. The second kappa shape index (κ2) is 11.7. The maximum atomic E-state index is 17.1. The number of nitriles is 1. The molecule has 0 radical (unpaired) electrons. The number of ether oxygens (including phenoxy) is 1. The first kappa shape index (κ1) is 32.3. The maximum Gasteiger partial charge on any atom is 0.346 e. The van der Waals surface area contributed by atoms with Crippen LogP contribution in [0.4, 0.5) is 24.4 Å². The molecule has 4 fully saturated rings. The van der Waals surface area contributed by atoms with Crippen molar-refractivity contribution in [1.29, 1.82) is 5.26 Å². The molecule has 0 aliphatic carbocycles. The van der Waals surface area contributed by atoms with Gasteiger partial charge >= 0.3 is 12.0 Å². The van der Waals surface area contributed by atoms with Crippen LogP contribution in [0.15, 0.2) is 24.4 Å². The van der Waals surface area contributed by atoms with E-state index in [1.165, 1.54) is 16.8 Å². The number of carbonyl (C=O) groups excluding carboxylic acids is 1. The van der Waals surface area contributed by atoms with Gasteiger partial charge in [-0.2, -0.15) is 19.9 Å². The van der Waals surface area contributed by atoms with Crippen LogP contribution in [-0.4, -0.2) is 91.2 Å². The summed E-state index contributed by atoms with van der Waals surface area (Å²) in [5, 5.41) is 18.6. The van der Waals surface area contributed by atoms with Crippen LogP contribution < -0.4 is 15.4 Å². The highest BCUT2D eigenvalue weighted by atomic mass is 35.5. The van der Waals surface area contributed by atoms with Crippen LogP contribution in [-0.2, 0) is 0 Å². The SMILES string of the molecule is Cc1cn(C(=O)N2CCC23CCN(c2nc(OCC45CCCN4CCC5)nc4c(F)c(-c5ccc(F)c6sc(N)c(C#N)c56)c(Cl)cc24)C3)nn1. The van der Waals surface area contributed by atoms with E-state index in [2.05, 4.69) is 20.2 Å². The minimum Gasteiger partial charge on any atom is -0.461 e. The van der Waals surface area contributed by atoms with Crippen molar-refractivity contribution in [1.82, 2.24) is 34.8 Å². The lowest BCUT2D eigenvalue weighted by Gasteiger charge is -2.50. The third kappa shape index (κ3) is 4.87. The fourth-order valence-corrected chi connectivity index (χ4v) is 9.99. The van der Waals surface area contributed by atoms with Crippen molar-refractivity contribution in [2.24, 2.45) is 0 Å². The van der Waals surface area contributed by atoms with Crippen molar-refractivity contribution in [2.45, 2.75) is 56.5 Å². The van der Waals surface area contributed by atoms with Gasteiger partial charge < -0.3 is 20.3 Å². The van der Waals surface area contributed by atoms with E-state index in [1.807, 2.05) is 15.9 Å². The molecule has 5 aromatic rings. The average Bonchev–Trinajstić information content (AvgIpc) is 3.93. The molecule has 7 heterocycles. The molecule has 12 nitrogen and oxygen atoms in total. The monoisotopic (exact) mass is 730 g/mol. The summed E-state index contributed by atoms with van der Waals surface area (Å²) in [7, 11) is 0. The van der Waals surface area contributed by atoms with Crippen LogP contribution in [0.1, 0.15) is 49.8 Å². The van der Waals surface area contributed by atoms with Gasteiger partial charge in [-0.25, -0.2) is 13.6 Å². The molecular formula is C35H33ClF2N10O2S. The van der Waals surface area contributed by atoms with Crippen LogP contribution in [0.2, 0.25) is 5.02 Å². The molecule has 3 aromatic heterocycles. The molecule has 4 aliphatic rings. The number of nitrogen functional groups attached to an aromatic ring is 1. The molecule has 1 amide bonds. The number of carbonyl (C=O) groups is 1. The Bertz CT molecular complexity index is 2310. The van der Waals surface area contributed by atoms with Gasteiger partial charge in [0.1, 0.15) is 34.8 Å².